The molecule has 5 rings (SSSR count). The van der Waals surface area contributed by atoms with E-state index < -0.39 is 0 Å². The second kappa shape index (κ2) is 8.25. The average Bonchev–Trinajstić information content (AvgIpc) is 3.41. The van der Waals surface area contributed by atoms with Gasteiger partial charge in [-0.15, -0.1) is 0 Å². The highest BCUT2D eigenvalue weighted by atomic mass is 15.0. The van der Waals surface area contributed by atoms with Crippen LogP contribution in [0.3, 0.4) is 0 Å². The van der Waals surface area contributed by atoms with Crippen LogP contribution in [0, 0.1) is 12.3 Å². The van der Waals surface area contributed by atoms with E-state index >= 15 is 0 Å². The largest absolute Gasteiger partial charge is 0.388 e. The molecule has 3 nitrogen and oxygen atoms in total. The molecule has 1 aromatic heterocycles. The van der Waals surface area contributed by atoms with Gasteiger partial charge in [-0.3, -0.25) is 4.57 Å². The van der Waals surface area contributed by atoms with E-state index in [1.54, 1.807) is 0 Å². The van der Waals surface area contributed by atoms with Crippen molar-refractivity contribution in [3.8, 4) is 5.69 Å². The number of imidazole rings is 1. The van der Waals surface area contributed by atoms with E-state index in [0.717, 1.165) is 34.4 Å². The van der Waals surface area contributed by atoms with Gasteiger partial charge in [-0.25, -0.2) is 4.98 Å². The quantitative estimate of drug-likeness (QED) is 0.349. The number of hydrogen-bond acceptors (Lipinski definition) is 2. The average molecular weight is 432 g/mol. The summed E-state index contributed by atoms with van der Waals surface area (Å²) in [7, 11) is 1.94. The molecule has 0 amide bonds. The zero-order chi connectivity index (χ0) is 23.0. The van der Waals surface area contributed by atoms with Crippen LogP contribution in [0.5, 0.6) is 0 Å². The van der Waals surface area contributed by atoms with Crippen LogP contribution < -0.4 is 5.32 Å². The van der Waals surface area contributed by atoms with Crippen molar-refractivity contribution in [1.82, 2.24) is 9.55 Å². The summed E-state index contributed by atoms with van der Waals surface area (Å²) < 4.78 is 2.16. The van der Waals surface area contributed by atoms with Crippen LogP contribution >= 0.6 is 0 Å². The number of aromatic nitrogens is 2. The molecule has 1 unspecified atom stereocenters. The normalized spacial score (nSPS) is 17.4. The maximum absolute atomic E-state index is 4.66. The molecule has 0 bridgehead atoms. The molecule has 1 heterocycles. The summed E-state index contributed by atoms with van der Waals surface area (Å²) in [4.78, 5) is 4.66. The van der Waals surface area contributed by atoms with Crippen LogP contribution in [0.25, 0.3) is 28.4 Å². The Hall–Kier alpha value is -3.85. The van der Waals surface area contributed by atoms with E-state index in [2.05, 4.69) is 114 Å². The Morgan fingerprint density at radius 1 is 1.09 bits per heavy atom. The molecule has 1 N–H and O–H groups in total. The van der Waals surface area contributed by atoms with E-state index in [4.69, 9.17) is 0 Å². The third-order valence-electron chi connectivity index (χ3n) is 6.66. The first-order valence-corrected chi connectivity index (χ1v) is 11.4. The van der Waals surface area contributed by atoms with Crippen molar-refractivity contribution in [3.63, 3.8) is 0 Å². The number of allylic oxidation sites excluding steroid dienone is 4. The predicted octanol–water partition coefficient (Wildman–Crippen LogP) is 7.22. The van der Waals surface area contributed by atoms with Crippen LogP contribution in [0.4, 0.5) is 5.69 Å². The summed E-state index contributed by atoms with van der Waals surface area (Å²) in [6.45, 7) is 8.40. The minimum atomic E-state index is -0.0444. The van der Waals surface area contributed by atoms with E-state index in [0.29, 0.717) is 0 Å². The molecular weight excluding hydrogens is 402 g/mol. The highest BCUT2D eigenvalue weighted by molar-refractivity contribution is 5.86. The lowest BCUT2D eigenvalue weighted by Crippen LogP contribution is -2.17. The topological polar surface area (TPSA) is 29.9 Å². The fourth-order valence-corrected chi connectivity index (χ4v) is 4.93. The maximum Gasteiger partial charge on any atom is 0.100 e. The molecular formula is C30H29N3. The first kappa shape index (κ1) is 21.0. The van der Waals surface area contributed by atoms with Crippen molar-refractivity contribution in [2.24, 2.45) is 5.41 Å². The molecule has 1 atom stereocenters. The van der Waals surface area contributed by atoms with Gasteiger partial charge < -0.3 is 5.32 Å². The second-order valence-corrected chi connectivity index (χ2v) is 9.07. The van der Waals surface area contributed by atoms with E-state index in [9.17, 15) is 0 Å². The maximum atomic E-state index is 4.66. The molecule has 164 valence electrons. The van der Waals surface area contributed by atoms with Gasteiger partial charge in [0.15, 0.2) is 0 Å². The van der Waals surface area contributed by atoms with Crippen molar-refractivity contribution >= 4 is 28.4 Å². The Labute approximate surface area is 195 Å². The highest BCUT2D eigenvalue weighted by Crippen LogP contribution is 2.43. The molecule has 33 heavy (non-hydrogen) atoms. The van der Waals surface area contributed by atoms with Crippen LogP contribution in [-0.2, 0) is 6.42 Å². The van der Waals surface area contributed by atoms with Crippen molar-refractivity contribution in [2.75, 3.05) is 12.4 Å². The SMILES string of the molecule is C=Cc1ccc(-n2cnc3ccc(C4=CC=CC4(C)Cc4cccc(C)c4)cc32)cc1NC. The molecule has 0 spiro atoms. The number of benzene rings is 3. The molecule has 3 aromatic carbocycles. The lowest BCUT2D eigenvalue weighted by Gasteiger charge is -2.27. The lowest BCUT2D eigenvalue weighted by atomic mass is 9.76. The smallest absolute Gasteiger partial charge is 0.100 e. The third kappa shape index (κ3) is 3.80. The Bertz CT molecular complexity index is 1420. The van der Waals surface area contributed by atoms with E-state index in [-0.39, 0.29) is 5.41 Å². The van der Waals surface area contributed by atoms with Crippen LogP contribution in [0.1, 0.15) is 29.2 Å². The van der Waals surface area contributed by atoms with Crippen molar-refractivity contribution in [2.45, 2.75) is 20.3 Å². The number of fused-ring (bicyclic) bond motifs is 1. The Morgan fingerprint density at radius 3 is 2.76 bits per heavy atom. The van der Waals surface area contributed by atoms with Crippen molar-refractivity contribution in [1.29, 1.82) is 0 Å². The van der Waals surface area contributed by atoms with Gasteiger partial charge in [-0.05, 0) is 59.9 Å². The zero-order valence-corrected chi connectivity index (χ0v) is 19.5. The summed E-state index contributed by atoms with van der Waals surface area (Å²) in [5, 5.41) is 3.27. The Kier molecular flexibility index (Phi) is 5.26. The van der Waals surface area contributed by atoms with Crippen molar-refractivity contribution in [3.05, 3.63) is 114 Å². The number of aryl methyl sites for hydroxylation is 1. The Morgan fingerprint density at radius 2 is 1.97 bits per heavy atom. The summed E-state index contributed by atoms with van der Waals surface area (Å²) >= 11 is 0. The molecule has 0 saturated heterocycles. The minimum Gasteiger partial charge on any atom is -0.388 e. The Balaban J connectivity index is 1.54. The number of anilines is 1. The predicted molar refractivity (Wildman–Crippen MR) is 141 cm³/mol. The zero-order valence-electron chi connectivity index (χ0n) is 19.5. The fraction of sp³-hybridized carbons (Fsp3) is 0.167. The van der Waals surface area contributed by atoms with Gasteiger partial charge in [0.05, 0.1) is 11.0 Å². The number of nitrogens with one attached hydrogen (secondary N) is 1. The molecule has 1 aliphatic carbocycles. The van der Waals surface area contributed by atoms with Gasteiger partial charge in [0.25, 0.3) is 0 Å². The summed E-state index contributed by atoms with van der Waals surface area (Å²) in [6, 6.07) is 21.8. The minimum absolute atomic E-state index is 0.0444. The number of nitrogens with zero attached hydrogens (tertiary/aromatic N) is 2. The first-order chi connectivity index (χ1) is 16.0. The van der Waals surface area contributed by atoms with Crippen molar-refractivity contribution < 1.29 is 0 Å². The second-order valence-electron chi connectivity index (χ2n) is 9.07. The molecule has 1 aliphatic rings. The van der Waals surface area contributed by atoms with E-state index in [1.807, 2.05) is 19.5 Å². The standard InChI is InChI=1S/C30H29N3/c1-5-23-11-13-25(18-28(23)31-4)33-20-32-27-14-12-24(17-29(27)33)26-10-7-15-30(26,3)19-22-9-6-8-21(2)16-22/h5-18,20,31H,1,19H2,2-4H3. The van der Waals surface area contributed by atoms with Crippen LogP contribution in [0.2, 0.25) is 0 Å². The first-order valence-electron chi connectivity index (χ1n) is 11.4. The van der Waals surface area contributed by atoms with Crippen LogP contribution in [0.15, 0.2) is 91.8 Å². The van der Waals surface area contributed by atoms with Gasteiger partial charge in [-0.1, -0.05) is 79.8 Å². The molecule has 0 fully saturated rings. The van der Waals surface area contributed by atoms with Gasteiger partial charge in [0, 0.05) is 23.8 Å². The monoisotopic (exact) mass is 431 g/mol. The molecule has 3 heteroatoms. The third-order valence-corrected chi connectivity index (χ3v) is 6.66. The number of hydrogen-bond donors (Lipinski definition) is 1. The molecule has 0 aliphatic heterocycles. The fourth-order valence-electron chi connectivity index (χ4n) is 4.93. The van der Waals surface area contributed by atoms with Crippen LogP contribution in [-0.4, -0.2) is 16.6 Å². The molecule has 0 saturated carbocycles. The number of rotatable bonds is 6. The van der Waals surface area contributed by atoms with Gasteiger partial charge in [-0.2, -0.15) is 0 Å². The summed E-state index contributed by atoms with van der Waals surface area (Å²) in [6.07, 6.45) is 11.5. The lowest BCUT2D eigenvalue weighted by molar-refractivity contribution is 0.577. The van der Waals surface area contributed by atoms with Gasteiger partial charge >= 0.3 is 0 Å². The van der Waals surface area contributed by atoms with Gasteiger partial charge in [0.2, 0.25) is 0 Å². The summed E-state index contributed by atoms with van der Waals surface area (Å²) in [5.41, 5.74) is 10.5. The highest BCUT2D eigenvalue weighted by Gasteiger charge is 2.30. The molecule has 0 radical (unpaired) electrons. The summed E-state index contributed by atoms with van der Waals surface area (Å²) in [5.74, 6) is 0. The van der Waals surface area contributed by atoms with E-state index in [1.165, 1.54) is 22.3 Å². The molecule has 4 aromatic rings. The van der Waals surface area contributed by atoms with Gasteiger partial charge in [0.1, 0.15) is 6.33 Å².